The van der Waals surface area contributed by atoms with Crippen LogP contribution in [0.4, 0.5) is 10.1 Å². The van der Waals surface area contributed by atoms with Crippen molar-refractivity contribution in [3.05, 3.63) is 52.8 Å². The minimum atomic E-state index is -0.461. The number of hydrogen-bond acceptors (Lipinski definition) is 6. The molecule has 3 heterocycles. The molecule has 4 rings (SSSR count). The number of carbonyl (C=O) groups excluding carboxylic acids is 1. The van der Waals surface area contributed by atoms with Crippen LogP contribution in [0.15, 0.2) is 36.2 Å². The first-order chi connectivity index (χ1) is 13.6. The number of carbonyl (C=O) groups is 1. The number of benzene rings is 1. The molecule has 0 unspecified atom stereocenters. The summed E-state index contributed by atoms with van der Waals surface area (Å²) in [6.45, 7) is 4.54. The van der Waals surface area contributed by atoms with Gasteiger partial charge in [-0.2, -0.15) is 5.10 Å². The second-order valence-corrected chi connectivity index (χ2v) is 7.97. The molecule has 0 bridgehead atoms. The maximum atomic E-state index is 14.3. The summed E-state index contributed by atoms with van der Waals surface area (Å²) in [5.74, 6) is -0.583. The van der Waals surface area contributed by atoms with Crippen molar-refractivity contribution in [1.29, 1.82) is 0 Å². The quantitative estimate of drug-likeness (QED) is 0.713. The van der Waals surface area contributed by atoms with Crippen LogP contribution in [0.2, 0.25) is 0 Å². The summed E-state index contributed by atoms with van der Waals surface area (Å²) in [5.41, 5.74) is 1.83. The minimum Gasteiger partial charge on any atom is -0.326 e. The van der Waals surface area contributed by atoms with Gasteiger partial charge in [-0.15, -0.1) is 11.3 Å². The van der Waals surface area contributed by atoms with Gasteiger partial charge in [0.05, 0.1) is 10.7 Å². The molecule has 7 nitrogen and oxygen atoms in total. The summed E-state index contributed by atoms with van der Waals surface area (Å²) in [5, 5.41) is 9.92. The molecule has 1 amide bonds. The van der Waals surface area contributed by atoms with E-state index in [2.05, 4.69) is 30.7 Å². The van der Waals surface area contributed by atoms with Crippen LogP contribution in [-0.2, 0) is 11.3 Å². The monoisotopic (exact) mass is 400 g/mol. The molecule has 1 aliphatic rings. The molecule has 0 aliphatic carbocycles. The van der Waals surface area contributed by atoms with Gasteiger partial charge in [0.2, 0.25) is 5.91 Å². The number of aromatic nitrogens is 4. The van der Waals surface area contributed by atoms with Crippen LogP contribution in [0.3, 0.4) is 0 Å². The van der Waals surface area contributed by atoms with E-state index in [1.807, 2.05) is 6.92 Å². The Hall–Kier alpha value is -2.65. The normalized spacial score (nSPS) is 15.6. The summed E-state index contributed by atoms with van der Waals surface area (Å²) >= 11 is 1.66. The molecule has 2 aromatic heterocycles. The van der Waals surface area contributed by atoms with Crippen LogP contribution in [-0.4, -0.2) is 43.6 Å². The molecule has 1 aromatic carbocycles. The van der Waals surface area contributed by atoms with E-state index in [4.69, 9.17) is 0 Å². The van der Waals surface area contributed by atoms with Crippen LogP contribution in [0.5, 0.6) is 0 Å². The van der Waals surface area contributed by atoms with Crippen molar-refractivity contribution in [3.8, 4) is 5.69 Å². The molecule has 0 spiro atoms. The van der Waals surface area contributed by atoms with Crippen molar-refractivity contribution < 1.29 is 9.18 Å². The summed E-state index contributed by atoms with van der Waals surface area (Å²) in [6.07, 6.45) is 4.34. The molecule has 1 aliphatic heterocycles. The van der Waals surface area contributed by atoms with Crippen molar-refractivity contribution in [2.75, 3.05) is 18.4 Å². The first kappa shape index (κ1) is 18.7. The highest BCUT2D eigenvalue weighted by atomic mass is 32.1. The van der Waals surface area contributed by atoms with Crippen LogP contribution >= 0.6 is 11.3 Å². The van der Waals surface area contributed by atoms with Crippen LogP contribution < -0.4 is 5.32 Å². The van der Waals surface area contributed by atoms with Crippen LogP contribution in [0, 0.1) is 18.7 Å². The Balaban J connectivity index is 1.31. The van der Waals surface area contributed by atoms with Gasteiger partial charge in [-0.3, -0.25) is 9.69 Å². The third kappa shape index (κ3) is 4.26. The van der Waals surface area contributed by atoms with Gasteiger partial charge in [0.1, 0.15) is 18.3 Å². The van der Waals surface area contributed by atoms with Gasteiger partial charge < -0.3 is 5.32 Å². The Morgan fingerprint density at radius 2 is 2.18 bits per heavy atom. The van der Waals surface area contributed by atoms with E-state index in [-0.39, 0.29) is 11.8 Å². The van der Waals surface area contributed by atoms with Crippen LogP contribution in [0.25, 0.3) is 5.69 Å². The largest absolute Gasteiger partial charge is 0.326 e. The Labute approximate surface area is 166 Å². The van der Waals surface area contributed by atoms with Gasteiger partial charge in [0, 0.05) is 23.5 Å². The first-order valence-electron chi connectivity index (χ1n) is 9.17. The Morgan fingerprint density at radius 3 is 2.82 bits per heavy atom. The number of anilines is 1. The van der Waals surface area contributed by atoms with Crippen molar-refractivity contribution in [1.82, 2.24) is 24.6 Å². The topological polar surface area (TPSA) is 75.9 Å². The van der Waals surface area contributed by atoms with Gasteiger partial charge >= 0.3 is 0 Å². The molecule has 9 heteroatoms. The number of thiazole rings is 1. The molecule has 0 radical (unpaired) electrons. The van der Waals surface area contributed by atoms with Crippen molar-refractivity contribution in [3.63, 3.8) is 0 Å². The number of piperidine rings is 1. The SMILES string of the molecule is Cc1nc(CN2CCC(C(=O)Nc3ccc(-n4cncn4)c(F)c3)CC2)cs1. The van der Waals surface area contributed by atoms with Crippen LogP contribution in [0.1, 0.15) is 23.5 Å². The van der Waals surface area contributed by atoms with Crippen molar-refractivity contribution in [2.24, 2.45) is 5.92 Å². The summed E-state index contributed by atoms with van der Waals surface area (Å²) < 4.78 is 15.7. The van der Waals surface area contributed by atoms with Gasteiger partial charge in [-0.05, 0) is 51.1 Å². The Bertz CT molecular complexity index is 949. The number of rotatable bonds is 5. The molecule has 0 atom stereocenters. The number of aryl methyl sites for hydroxylation is 1. The average Bonchev–Trinajstić information content (AvgIpc) is 3.34. The van der Waals surface area contributed by atoms with Gasteiger partial charge in [-0.25, -0.2) is 19.0 Å². The van der Waals surface area contributed by atoms with E-state index in [9.17, 15) is 9.18 Å². The number of nitrogens with zero attached hydrogens (tertiary/aromatic N) is 5. The van der Waals surface area contributed by atoms with Gasteiger partial charge in [-0.1, -0.05) is 0 Å². The number of amides is 1. The highest BCUT2D eigenvalue weighted by Gasteiger charge is 2.25. The lowest BCUT2D eigenvalue weighted by Crippen LogP contribution is -2.37. The number of hydrogen-bond donors (Lipinski definition) is 1. The molecule has 1 N–H and O–H groups in total. The fraction of sp³-hybridized carbons (Fsp3) is 0.368. The lowest BCUT2D eigenvalue weighted by atomic mass is 9.95. The molecule has 1 fully saturated rings. The molecule has 3 aromatic rings. The predicted molar refractivity (Wildman–Crippen MR) is 105 cm³/mol. The van der Waals surface area contributed by atoms with Gasteiger partial charge in [0.25, 0.3) is 0 Å². The third-order valence-corrected chi connectivity index (χ3v) is 5.71. The number of halogens is 1. The van der Waals surface area contributed by atoms with E-state index < -0.39 is 5.82 Å². The summed E-state index contributed by atoms with van der Waals surface area (Å²) in [4.78, 5) is 23.2. The Morgan fingerprint density at radius 1 is 1.36 bits per heavy atom. The second kappa shape index (κ2) is 8.15. The van der Waals surface area contributed by atoms with Gasteiger partial charge in [0.15, 0.2) is 5.82 Å². The molecule has 1 saturated heterocycles. The smallest absolute Gasteiger partial charge is 0.227 e. The lowest BCUT2D eigenvalue weighted by molar-refractivity contribution is -0.121. The maximum Gasteiger partial charge on any atom is 0.227 e. The fourth-order valence-corrected chi connectivity index (χ4v) is 4.01. The molecular formula is C19H21FN6OS. The zero-order valence-corrected chi connectivity index (χ0v) is 16.3. The summed E-state index contributed by atoms with van der Waals surface area (Å²) in [6, 6.07) is 4.57. The maximum absolute atomic E-state index is 14.3. The molecule has 146 valence electrons. The second-order valence-electron chi connectivity index (χ2n) is 6.90. The summed E-state index contributed by atoms with van der Waals surface area (Å²) in [7, 11) is 0. The predicted octanol–water partition coefficient (Wildman–Crippen LogP) is 3.02. The van der Waals surface area contributed by atoms with Crippen molar-refractivity contribution in [2.45, 2.75) is 26.3 Å². The first-order valence-corrected chi connectivity index (χ1v) is 10.1. The number of likely N-dealkylation sites (tertiary alicyclic amines) is 1. The zero-order valence-electron chi connectivity index (χ0n) is 15.5. The van der Waals surface area contributed by atoms with Crippen molar-refractivity contribution >= 4 is 22.9 Å². The molecule has 28 heavy (non-hydrogen) atoms. The number of nitrogens with one attached hydrogen (secondary N) is 1. The van der Waals surface area contributed by atoms with E-state index in [0.717, 1.165) is 43.2 Å². The van der Waals surface area contributed by atoms with E-state index in [0.29, 0.717) is 11.4 Å². The highest BCUT2D eigenvalue weighted by Crippen LogP contribution is 2.23. The molecule has 0 saturated carbocycles. The Kier molecular flexibility index (Phi) is 5.45. The lowest BCUT2D eigenvalue weighted by Gasteiger charge is -2.30. The van der Waals surface area contributed by atoms with E-state index in [1.54, 1.807) is 23.5 Å². The van der Waals surface area contributed by atoms with E-state index >= 15 is 0 Å². The fourth-order valence-electron chi connectivity index (χ4n) is 3.41. The zero-order chi connectivity index (χ0) is 19.5. The minimum absolute atomic E-state index is 0.0583. The standard InChI is InChI=1S/C19H21FN6OS/c1-13-23-16(10-28-13)9-25-6-4-14(5-7-25)19(27)24-15-2-3-18(17(20)8-15)26-12-21-11-22-26/h2-3,8,10-12,14H,4-7,9H2,1H3,(H,24,27). The highest BCUT2D eigenvalue weighted by molar-refractivity contribution is 7.09. The van der Waals surface area contributed by atoms with E-state index in [1.165, 1.54) is 23.4 Å². The molecular weight excluding hydrogens is 379 g/mol. The third-order valence-electron chi connectivity index (χ3n) is 4.89. The average molecular weight is 400 g/mol.